The highest BCUT2D eigenvalue weighted by molar-refractivity contribution is 7.86. The fourth-order valence-corrected chi connectivity index (χ4v) is 3.16. The van der Waals surface area contributed by atoms with Crippen molar-refractivity contribution in [2.75, 3.05) is 24.3 Å². The molecule has 22 heavy (non-hydrogen) atoms. The fourth-order valence-electron chi connectivity index (χ4n) is 2.37. The second-order valence-corrected chi connectivity index (χ2v) is 6.35. The number of carbonyl (C=O) groups excluding carboxylic acids is 2. The Bertz CT molecular complexity index is 719. The number of carbonyl (C=O) groups is 2. The molecule has 0 saturated carbocycles. The molecule has 1 fully saturated rings. The van der Waals surface area contributed by atoms with Gasteiger partial charge in [0.05, 0.1) is 18.4 Å². The summed E-state index contributed by atoms with van der Waals surface area (Å²) in [5, 5.41) is 0. The molecule has 6 nitrogen and oxygen atoms in total. The highest BCUT2D eigenvalue weighted by Gasteiger charge is 2.34. The van der Waals surface area contributed by atoms with E-state index in [1.54, 1.807) is 0 Å². The zero-order valence-corrected chi connectivity index (χ0v) is 12.4. The summed E-state index contributed by atoms with van der Waals surface area (Å²) in [5.74, 6) is -3.55. The molecule has 9 heteroatoms. The third-order valence-corrected chi connectivity index (χ3v) is 4.18. The predicted octanol–water partition coefficient (Wildman–Crippen LogP) is 1.26. The molecule has 1 atom stereocenters. The largest absolute Gasteiger partial charge is 0.465 e. The Morgan fingerprint density at radius 2 is 2.14 bits per heavy atom. The van der Waals surface area contributed by atoms with Gasteiger partial charge in [-0.15, -0.1) is 3.89 Å². The van der Waals surface area contributed by atoms with Crippen molar-refractivity contribution in [2.45, 2.75) is 6.42 Å². The number of benzene rings is 1. The van der Waals surface area contributed by atoms with Crippen LogP contribution in [0.1, 0.15) is 16.8 Å². The van der Waals surface area contributed by atoms with Gasteiger partial charge < -0.3 is 9.64 Å². The van der Waals surface area contributed by atoms with Gasteiger partial charge in [-0.1, -0.05) is 0 Å². The van der Waals surface area contributed by atoms with Crippen LogP contribution in [-0.2, 0) is 19.8 Å². The summed E-state index contributed by atoms with van der Waals surface area (Å²) in [6.45, 7) is -0.0196. The number of esters is 1. The molecule has 0 aliphatic carbocycles. The molecule has 0 aromatic heterocycles. The molecule has 1 heterocycles. The van der Waals surface area contributed by atoms with Gasteiger partial charge in [0, 0.05) is 24.6 Å². The quantitative estimate of drug-likeness (QED) is 0.612. The van der Waals surface area contributed by atoms with E-state index in [-0.39, 0.29) is 24.2 Å². The molecule has 1 aliphatic rings. The van der Waals surface area contributed by atoms with Gasteiger partial charge in [0.2, 0.25) is 5.91 Å². The number of halogens is 2. The molecule has 1 aliphatic heterocycles. The second-order valence-electron chi connectivity index (χ2n) is 4.94. The van der Waals surface area contributed by atoms with Crippen LogP contribution in [0.2, 0.25) is 0 Å². The van der Waals surface area contributed by atoms with Crippen LogP contribution in [0.15, 0.2) is 18.2 Å². The summed E-state index contributed by atoms with van der Waals surface area (Å²) in [4.78, 5) is 24.5. The van der Waals surface area contributed by atoms with E-state index in [1.807, 2.05) is 0 Å². The van der Waals surface area contributed by atoms with Gasteiger partial charge in [-0.25, -0.2) is 9.18 Å². The van der Waals surface area contributed by atoms with Crippen molar-refractivity contribution in [2.24, 2.45) is 5.92 Å². The number of ether oxygens (including phenoxy) is 1. The Morgan fingerprint density at radius 3 is 2.73 bits per heavy atom. The SMILES string of the molecule is COC(=O)c1cc(N2CC(CS(=O)(=O)F)CC2=O)ccc1F. The van der Waals surface area contributed by atoms with E-state index in [0.717, 1.165) is 19.2 Å². The van der Waals surface area contributed by atoms with Gasteiger partial charge in [-0.3, -0.25) is 4.79 Å². The lowest BCUT2D eigenvalue weighted by Crippen LogP contribution is -2.25. The number of methoxy groups -OCH3 is 1. The second kappa shape index (κ2) is 5.99. The van der Waals surface area contributed by atoms with Crippen LogP contribution in [0, 0.1) is 11.7 Å². The molecule has 2 rings (SSSR count). The summed E-state index contributed by atoms with van der Waals surface area (Å²) in [7, 11) is -3.59. The molecular weight excluding hydrogens is 320 g/mol. The zero-order valence-electron chi connectivity index (χ0n) is 11.6. The highest BCUT2D eigenvalue weighted by atomic mass is 32.3. The zero-order chi connectivity index (χ0) is 16.5. The first-order valence-corrected chi connectivity index (χ1v) is 7.87. The molecule has 1 amide bonds. The maximum absolute atomic E-state index is 13.6. The van der Waals surface area contributed by atoms with Crippen LogP contribution < -0.4 is 4.90 Å². The fraction of sp³-hybridized carbons (Fsp3) is 0.385. The van der Waals surface area contributed by atoms with Crippen molar-refractivity contribution < 1.29 is 31.0 Å². The number of amides is 1. The van der Waals surface area contributed by atoms with Crippen molar-refractivity contribution in [3.63, 3.8) is 0 Å². The Hall–Kier alpha value is -2.03. The number of nitrogens with zero attached hydrogens (tertiary/aromatic N) is 1. The van der Waals surface area contributed by atoms with Crippen molar-refractivity contribution in [3.8, 4) is 0 Å². The minimum Gasteiger partial charge on any atom is -0.465 e. The molecule has 1 unspecified atom stereocenters. The molecule has 0 N–H and O–H groups in total. The molecule has 0 radical (unpaired) electrons. The monoisotopic (exact) mass is 333 g/mol. The molecule has 0 bridgehead atoms. The van der Waals surface area contributed by atoms with Crippen LogP contribution in [0.4, 0.5) is 14.0 Å². The van der Waals surface area contributed by atoms with Crippen LogP contribution in [0.25, 0.3) is 0 Å². The Balaban J connectivity index is 2.25. The van der Waals surface area contributed by atoms with E-state index >= 15 is 0 Å². The van der Waals surface area contributed by atoms with Gasteiger partial charge >= 0.3 is 16.2 Å². The first-order chi connectivity index (χ1) is 10.2. The highest BCUT2D eigenvalue weighted by Crippen LogP contribution is 2.28. The maximum atomic E-state index is 13.6. The lowest BCUT2D eigenvalue weighted by Gasteiger charge is -2.17. The topological polar surface area (TPSA) is 80.8 Å². The van der Waals surface area contributed by atoms with Crippen molar-refractivity contribution in [1.82, 2.24) is 0 Å². The van der Waals surface area contributed by atoms with Crippen LogP contribution >= 0.6 is 0 Å². The van der Waals surface area contributed by atoms with E-state index in [0.29, 0.717) is 0 Å². The third-order valence-electron chi connectivity index (χ3n) is 3.31. The Labute approximate surface area is 125 Å². The van der Waals surface area contributed by atoms with E-state index in [4.69, 9.17) is 0 Å². The van der Waals surface area contributed by atoms with Crippen molar-refractivity contribution in [3.05, 3.63) is 29.6 Å². The molecular formula is C13H13F2NO5S. The Kier molecular flexibility index (Phi) is 4.45. The number of hydrogen-bond acceptors (Lipinski definition) is 5. The summed E-state index contributed by atoms with van der Waals surface area (Å²) < 4.78 is 52.0. The summed E-state index contributed by atoms with van der Waals surface area (Å²) in [6.07, 6.45) is -0.131. The summed E-state index contributed by atoms with van der Waals surface area (Å²) >= 11 is 0. The lowest BCUT2D eigenvalue weighted by atomic mass is 10.1. The average Bonchev–Trinajstić information content (AvgIpc) is 2.77. The summed E-state index contributed by atoms with van der Waals surface area (Å²) in [5.41, 5.74) is -0.111. The number of rotatable bonds is 4. The van der Waals surface area contributed by atoms with E-state index in [9.17, 15) is 26.3 Å². The van der Waals surface area contributed by atoms with Crippen LogP contribution in [0.5, 0.6) is 0 Å². The normalized spacial score (nSPS) is 18.6. The van der Waals surface area contributed by atoms with E-state index < -0.39 is 39.6 Å². The summed E-state index contributed by atoms with van der Waals surface area (Å²) in [6, 6.07) is 3.44. The molecule has 120 valence electrons. The first-order valence-electron chi connectivity index (χ1n) is 6.32. The van der Waals surface area contributed by atoms with Gasteiger partial charge in [-0.05, 0) is 18.2 Å². The van der Waals surface area contributed by atoms with Gasteiger partial charge in [0.25, 0.3) is 0 Å². The van der Waals surface area contributed by atoms with Crippen LogP contribution in [-0.4, -0.2) is 39.7 Å². The molecule has 1 aromatic rings. The first kappa shape index (κ1) is 16.3. The Morgan fingerprint density at radius 1 is 1.45 bits per heavy atom. The number of hydrogen-bond donors (Lipinski definition) is 0. The van der Waals surface area contributed by atoms with E-state index in [1.165, 1.54) is 11.0 Å². The maximum Gasteiger partial charge on any atom is 0.340 e. The minimum absolute atomic E-state index is 0.0196. The smallest absolute Gasteiger partial charge is 0.340 e. The standard InChI is InChI=1S/C13H13F2NO5S/c1-21-13(18)10-5-9(2-3-11(10)14)16-6-8(4-12(16)17)7-22(15,19)20/h2-3,5,8H,4,6-7H2,1H3. The van der Waals surface area contributed by atoms with Gasteiger partial charge in [0.15, 0.2) is 0 Å². The van der Waals surface area contributed by atoms with Crippen molar-refractivity contribution >= 4 is 27.8 Å². The van der Waals surface area contributed by atoms with Crippen molar-refractivity contribution in [1.29, 1.82) is 0 Å². The van der Waals surface area contributed by atoms with Gasteiger partial charge in [-0.2, -0.15) is 8.42 Å². The van der Waals surface area contributed by atoms with Gasteiger partial charge in [0.1, 0.15) is 5.82 Å². The molecule has 0 spiro atoms. The molecule has 1 aromatic carbocycles. The average molecular weight is 333 g/mol. The predicted molar refractivity (Wildman–Crippen MR) is 73.1 cm³/mol. The minimum atomic E-state index is -4.68. The lowest BCUT2D eigenvalue weighted by molar-refractivity contribution is -0.117. The van der Waals surface area contributed by atoms with Crippen LogP contribution in [0.3, 0.4) is 0 Å². The van der Waals surface area contributed by atoms with E-state index in [2.05, 4.69) is 4.74 Å². The molecule has 1 saturated heterocycles. The number of anilines is 1. The third kappa shape index (κ3) is 3.59.